The fourth-order valence-electron chi connectivity index (χ4n) is 2.89. The van der Waals surface area contributed by atoms with Gasteiger partial charge in [0.2, 0.25) is 11.8 Å². The first-order chi connectivity index (χ1) is 11.9. The Labute approximate surface area is 150 Å². The van der Waals surface area contributed by atoms with Gasteiger partial charge in [0.05, 0.1) is 5.39 Å². The molecule has 6 nitrogen and oxygen atoms in total. The lowest BCUT2D eigenvalue weighted by atomic mass is 10.1. The Hall–Kier alpha value is -2.73. The number of benzene rings is 1. The lowest BCUT2D eigenvalue weighted by Gasteiger charge is -2.17. The summed E-state index contributed by atoms with van der Waals surface area (Å²) in [6.45, 7) is 5.38. The Morgan fingerprint density at radius 2 is 1.76 bits per heavy atom. The van der Waals surface area contributed by atoms with Crippen molar-refractivity contribution in [2.45, 2.75) is 27.3 Å². The van der Waals surface area contributed by atoms with Crippen LogP contribution in [0.1, 0.15) is 20.8 Å². The van der Waals surface area contributed by atoms with Crippen LogP contribution in [0.3, 0.4) is 0 Å². The van der Waals surface area contributed by atoms with E-state index in [9.17, 15) is 9.59 Å². The summed E-state index contributed by atoms with van der Waals surface area (Å²) in [5, 5.41) is 1.30. The molecular formula is C18H17ClN4O2. The molecular weight excluding hydrogens is 340 g/mol. The largest absolute Gasteiger partial charge is 0.332 e. The predicted molar refractivity (Wildman–Crippen MR) is 97.5 cm³/mol. The van der Waals surface area contributed by atoms with Gasteiger partial charge >= 0.3 is 0 Å². The second kappa shape index (κ2) is 6.64. The summed E-state index contributed by atoms with van der Waals surface area (Å²) in [5.74, 6) is -0.486. The van der Waals surface area contributed by atoms with Crippen LogP contribution in [0.25, 0.3) is 22.2 Å². The maximum Gasteiger partial charge on any atom is 0.231 e. The number of carbonyl (C=O) groups excluding carboxylic acids is 2. The molecule has 1 aromatic carbocycles. The van der Waals surface area contributed by atoms with Gasteiger partial charge in [0.25, 0.3) is 0 Å². The number of hydrogen-bond donors (Lipinski definition) is 0. The van der Waals surface area contributed by atoms with Gasteiger partial charge in [-0.05, 0) is 24.6 Å². The van der Waals surface area contributed by atoms with Crippen LogP contribution in [0.4, 0.5) is 5.82 Å². The van der Waals surface area contributed by atoms with Crippen LogP contribution < -0.4 is 4.90 Å². The van der Waals surface area contributed by atoms with Crippen LogP contribution in [0.5, 0.6) is 0 Å². The van der Waals surface area contributed by atoms with Crippen LogP contribution in [0.15, 0.2) is 36.8 Å². The van der Waals surface area contributed by atoms with Gasteiger partial charge in [-0.1, -0.05) is 23.7 Å². The number of halogens is 1. The zero-order chi connectivity index (χ0) is 18.1. The van der Waals surface area contributed by atoms with Crippen molar-refractivity contribution in [3.05, 3.63) is 41.8 Å². The summed E-state index contributed by atoms with van der Waals surface area (Å²) in [6, 6.07) is 7.37. The highest BCUT2D eigenvalue weighted by Gasteiger charge is 2.24. The molecule has 0 bridgehead atoms. The monoisotopic (exact) mass is 356 g/mol. The molecule has 0 aliphatic rings. The zero-order valence-corrected chi connectivity index (χ0v) is 14.9. The van der Waals surface area contributed by atoms with Crippen LogP contribution in [-0.2, 0) is 16.1 Å². The van der Waals surface area contributed by atoms with E-state index in [1.165, 1.54) is 20.2 Å². The third-order valence-corrected chi connectivity index (χ3v) is 4.22. The normalized spacial score (nSPS) is 10.9. The topological polar surface area (TPSA) is 68.1 Å². The van der Waals surface area contributed by atoms with Crippen LogP contribution >= 0.6 is 11.6 Å². The maximum atomic E-state index is 12.0. The number of carbonyl (C=O) groups is 2. The van der Waals surface area contributed by atoms with Crippen LogP contribution in [0, 0.1) is 0 Å². The molecule has 0 spiro atoms. The first-order valence-electron chi connectivity index (χ1n) is 7.85. The van der Waals surface area contributed by atoms with E-state index in [0.717, 1.165) is 16.0 Å². The molecule has 0 radical (unpaired) electrons. The van der Waals surface area contributed by atoms with Crippen molar-refractivity contribution in [1.82, 2.24) is 14.5 Å². The quantitative estimate of drug-likeness (QED) is 0.718. The van der Waals surface area contributed by atoms with Crippen molar-refractivity contribution in [1.29, 1.82) is 0 Å². The van der Waals surface area contributed by atoms with Crippen molar-refractivity contribution in [2.75, 3.05) is 4.90 Å². The van der Waals surface area contributed by atoms with Gasteiger partial charge in [-0.3, -0.25) is 9.59 Å². The molecule has 3 aromatic rings. The number of fused-ring (bicyclic) bond motifs is 1. The van der Waals surface area contributed by atoms with Crippen molar-refractivity contribution in [2.24, 2.45) is 0 Å². The van der Waals surface area contributed by atoms with Crippen molar-refractivity contribution in [3.63, 3.8) is 0 Å². The van der Waals surface area contributed by atoms with E-state index in [2.05, 4.69) is 9.97 Å². The van der Waals surface area contributed by atoms with E-state index in [1.807, 2.05) is 29.8 Å². The van der Waals surface area contributed by atoms with Crippen molar-refractivity contribution >= 4 is 40.3 Å². The van der Waals surface area contributed by atoms with Gasteiger partial charge in [-0.2, -0.15) is 0 Å². The minimum Gasteiger partial charge on any atom is -0.332 e. The minimum absolute atomic E-state index is 0.294. The molecule has 2 heterocycles. The number of amides is 2. The summed E-state index contributed by atoms with van der Waals surface area (Å²) in [7, 11) is 0. The molecule has 0 atom stereocenters. The first kappa shape index (κ1) is 17.1. The smallest absolute Gasteiger partial charge is 0.231 e. The van der Waals surface area contributed by atoms with E-state index in [0.29, 0.717) is 28.4 Å². The lowest BCUT2D eigenvalue weighted by molar-refractivity contribution is -0.124. The Morgan fingerprint density at radius 1 is 1.12 bits per heavy atom. The Morgan fingerprint density at radius 3 is 2.32 bits per heavy atom. The van der Waals surface area contributed by atoms with Gasteiger partial charge in [-0.25, -0.2) is 14.9 Å². The SMILES string of the molecule is CCn1cc(-c2ccc(Cl)cc2)c2c(N(C(C)=O)C(C)=O)ncnc21. The summed E-state index contributed by atoms with van der Waals surface area (Å²) < 4.78 is 1.96. The Balaban J connectivity index is 2.36. The molecule has 3 rings (SSSR count). The molecule has 0 aliphatic heterocycles. The van der Waals surface area contributed by atoms with E-state index < -0.39 is 0 Å². The van der Waals surface area contributed by atoms with E-state index in [1.54, 1.807) is 12.1 Å². The molecule has 2 aromatic heterocycles. The molecule has 0 aliphatic carbocycles. The van der Waals surface area contributed by atoms with Crippen molar-refractivity contribution in [3.8, 4) is 11.1 Å². The minimum atomic E-state index is -0.390. The lowest BCUT2D eigenvalue weighted by Crippen LogP contribution is -2.34. The fourth-order valence-corrected chi connectivity index (χ4v) is 3.01. The van der Waals surface area contributed by atoms with Gasteiger partial charge in [0.1, 0.15) is 12.0 Å². The van der Waals surface area contributed by atoms with E-state index in [-0.39, 0.29) is 11.8 Å². The second-order valence-corrected chi connectivity index (χ2v) is 6.04. The molecule has 2 amide bonds. The number of rotatable bonds is 3. The molecule has 0 unspecified atom stereocenters. The number of aryl methyl sites for hydroxylation is 1. The third kappa shape index (κ3) is 3.00. The summed E-state index contributed by atoms with van der Waals surface area (Å²) in [4.78, 5) is 33.7. The predicted octanol–water partition coefficient (Wildman–Crippen LogP) is 3.67. The van der Waals surface area contributed by atoms with E-state index >= 15 is 0 Å². The van der Waals surface area contributed by atoms with Gasteiger partial charge in [0, 0.05) is 37.2 Å². The van der Waals surface area contributed by atoms with E-state index in [4.69, 9.17) is 11.6 Å². The Bertz CT molecular complexity index is 949. The summed E-state index contributed by atoms with van der Waals surface area (Å²) >= 11 is 5.99. The fraction of sp³-hybridized carbons (Fsp3) is 0.222. The van der Waals surface area contributed by atoms with Gasteiger partial charge in [-0.15, -0.1) is 0 Å². The van der Waals surface area contributed by atoms with Crippen molar-refractivity contribution < 1.29 is 9.59 Å². The number of aromatic nitrogens is 3. The highest BCUT2D eigenvalue weighted by atomic mass is 35.5. The zero-order valence-electron chi connectivity index (χ0n) is 14.2. The second-order valence-electron chi connectivity index (χ2n) is 5.61. The average molecular weight is 357 g/mol. The summed E-state index contributed by atoms with van der Waals surface area (Å²) in [5.41, 5.74) is 2.42. The molecule has 128 valence electrons. The maximum absolute atomic E-state index is 12.0. The number of anilines is 1. The first-order valence-corrected chi connectivity index (χ1v) is 8.22. The highest BCUT2D eigenvalue weighted by Crippen LogP contribution is 2.35. The molecule has 0 saturated heterocycles. The molecule has 25 heavy (non-hydrogen) atoms. The standard InChI is InChI=1S/C18H17ClN4O2/c1-4-22-9-15(13-5-7-14(19)8-6-13)16-17(22)20-10-21-18(16)23(11(2)24)12(3)25/h5-10H,4H2,1-3H3. The van der Waals surface area contributed by atoms with Gasteiger partial charge in [0.15, 0.2) is 5.82 Å². The molecule has 0 N–H and O–H groups in total. The average Bonchev–Trinajstić information content (AvgIpc) is 2.94. The van der Waals surface area contributed by atoms with Crippen LogP contribution in [0.2, 0.25) is 5.02 Å². The number of hydrogen-bond acceptors (Lipinski definition) is 4. The molecule has 0 saturated carbocycles. The third-order valence-electron chi connectivity index (χ3n) is 3.97. The van der Waals surface area contributed by atoms with Gasteiger partial charge < -0.3 is 4.57 Å². The Kier molecular flexibility index (Phi) is 4.55. The summed E-state index contributed by atoms with van der Waals surface area (Å²) in [6.07, 6.45) is 3.32. The number of nitrogens with zero attached hydrogens (tertiary/aromatic N) is 4. The highest BCUT2D eigenvalue weighted by molar-refractivity contribution is 6.30. The van der Waals surface area contributed by atoms with Crippen LogP contribution in [-0.4, -0.2) is 26.3 Å². The molecule has 0 fully saturated rings. The number of imide groups is 1. The molecule has 7 heteroatoms.